The fraction of sp³-hybridized carbons (Fsp3) is 0.480. The van der Waals surface area contributed by atoms with Crippen LogP contribution in [-0.4, -0.2) is 5.11 Å². The van der Waals surface area contributed by atoms with E-state index < -0.39 is 0 Å². The quantitative estimate of drug-likeness (QED) is 0.623. The Morgan fingerprint density at radius 1 is 1.00 bits per heavy atom. The minimum absolute atomic E-state index is 0.0127. The van der Waals surface area contributed by atoms with Gasteiger partial charge >= 0.3 is 0 Å². The molecule has 1 fully saturated rings. The molecule has 0 aliphatic heterocycles. The number of fused-ring (bicyclic) bond motifs is 1. The lowest BCUT2D eigenvalue weighted by molar-refractivity contribution is 0.137. The van der Waals surface area contributed by atoms with Crippen LogP contribution in [-0.2, 0) is 6.42 Å². The van der Waals surface area contributed by atoms with Gasteiger partial charge < -0.3 is 9.84 Å². The van der Waals surface area contributed by atoms with Crippen molar-refractivity contribution in [1.29, 1.82) is 5.26 Å². The predicted molar refractivity (Wildman–Crippen MR) is 110 cm³/mol. The van der Waals surface area contributed by atoms with E-state index in [9.17, 15) is 5.11 Å². The molecular formula is C25H29NO2. The molecule has 2 aliphatic rings. The Kier molecular flexibility index (Phi) is 5.86. The van der Waals surface area contributed by atoms with Gasteiger partial charge in [-0.3, -0.25) is 0 Å². The van der Waals surface area contributed by atoms with Crippen LogP contribution >= 0.6 is 0 Å². The van der Waals surface area contributed by atoms with Gasteiger partial charge in [-0.1, -0.05) is 69.2 Å². The molecule has 2 aromatic rings. The van der Waals surface area contributed by atoms with Gasteiger partial charge in [-0.2, -0.15) is 5.26 Å². The fourth-order valence-electron chi connectivity index (χ4n) is 4.98. The summed E-state index contributed by atoms with van der Waals surface area (Å²) in [4.78, 5) is 0. The van der Waals surface area contributed by atoms with E-state index in [1.165, 1.54) is 62.5 Å². The predicted octanol–water partition coefficient (Wildman–Crippen LogP) is 6.31. The number of hydrogen-bond acceptors (Lipinski definition) is 3. The smallest absolute Gasteiger partial charge is 0.137 e. The summed E-state index contributed by atoms with van der Waals surface area (Å²) in [5.41, 5.74) is 2.94. The largest absolute Gasteiger partial charge is 0.506 e. The van der Waals surface area contributed by atoms with E-state index >= 15 is 0 Å². The molecule has 0 amide bonds. The number of benzene rings is 2. The third kappa shape index (κ3) is 4.17. The lowest BCUT2D eigenvalue weighted by Gasteiger charge is -2.24. The van der Waals surface area contributed by atoms with Crippen molar-refractivity contribution >= 4 is 0 Å². The number of phenols is 1. The van der Waals surface area contributed by atoms with Crippen molar-refractivity contribution in [2.24, 2.45) is 11.8 Å². The van der Waals surface area contributed by atoms with Crippen LogP contribution in [0, 0.1) is 23.2 Å². The molecule has 3 nitrogen and oxygen atoms in total. The van der Waals surface area contributed by atoms with Crippen LogP contribution in [0.1, 0.15) is 74.2 Å². The van der Waals surface area contributed by atoms with Gasteiger partial charge in [0.25, 0.3) is 0 Å². The van der Waals surface area contributed by atoms with Crippen LogP contribution < -0.4 is 4.74 Å². The first-order valence-corrected chi connectivity index (χ1v) is 10.7. The summed E-state index contributed by atoms with van der Waals surface area (Å²) in [5, 5.41) is 19.1. The van der Waals surface area contributed by atoms with Gasteiger partial charge in [0.2, 0.25) is 0 Å². The van der Waals surface area contributed by atoms with Gasteiger partial charge in [-0.25, -0.2) is 0 Å². The second-order valence-electron chi connectivity index (χ2n) is 8.43. The second-order valence-corrected chi connectivity index (χ2v) is 8.43. The van der Waals surface area contributed by atoms with E-state index in [0.717, 1.165) is 12.3 Å². The summed E-state index contributed by atoms with van der Waals surface area (Å²) in [5.74, 6) is 1.96. The lowest BCUT2D eigenvalue weighted by atomic mass is 9.88. The highest BCUT2D eigenvalue weighted by Crippen LogP contribution is 2.43. The van der Waals surface area contributed by atoms with Crippen LogP contribution in [0.5, 0.6) is 11.5 Å². The van der Waals surface area contributed by atoms with Crippen molar-refractivity contribution in [2.45, 2.75) is 63.9 Å². The van der Waals surface area contributed by atoms with Gasteiger partial charge in [-0.15, -0.1) is 0 Å². The highest BCUT2D eigenvalue weighted by molar-refractivity contribution is 5.47. The average Bonchev–Trinajstić information content (AvgIpc) is 2.87. The summed E-state index contributed by atoms with van der Waals surface area (Å²) in [6.45, 7) is 0. The van der Waals surface area contributed by atoms with Crippen LogP contribution in [0.15, 0.2) is 42.5 Å². The molecule has 3 heteroatoms. The van der Waals surface area contributed by atoms with E-state index in [4.69, 9.17) is 10.00 Å². The Bertz CT molecular complexity index is 846. The number of nitrogens with zero attached hydrogens (tertiary/aromatic N) is 1. The average molecular weight is 376 g/mol. The Morgan fingerprint density at radius 3 is 2.54 bits per heavy atom. The van der Waals surface area contributed by atoms with Crippen molar-refractivity contribution in [3.05, 3.63) is 59.2 Å². The third-order valence-electron chi connectivity index (χ3n) is 6.55. The summed E-state index contributed by atoms with van der Waals surface area (Å²) in [7, 11) is 0. The maximum atomic E-state index is 10.0. The molecule has 2 aliphatic carbocycles. The molecule has 0 saturated heterocycles. The molecule has 2 unspecified atom stereocenters. The molecule has 1 saturated carbocycles. The van der Waals surface area contributed by atoms with Gasteiger partial charge in [0, 0.05) is 12.0 Å². The number of rotatable bonds is 5. The number of hydrogen-bond donors (Lipinski definition) is 1. The van der Waals surface area contributed by atoms with Gasteiger partial charge in [0.15, 0.2) is 0 Å². The van der Waals surface area contributed by atoms with Crippen molar-refractivity contribution in [1.82, 2.24) is 0 Å². The highest BCUT2D eigenvalue weighted by atomic mass is 16.5. The maximum absolute atomic E-state index is 10.0. The van der Waals surface area contributed by atoms with Crippen molar-refractivity contribution < 1.29 is 9.84 Å². The SMILES string of the molecule is N#Cc1ccc(OC2c3ccccc3CC2CCC2CCCCCC2)cc1O. The first-order chi connectivity index (χ1) is 13.7. The van der Waals surface area contributed by atoms with E-state index in [2.05, 4.69) is 24.3 Å². The van der Waals surface area contributed by atoms with Crippen molar-refractivity contribution in [2.75, 3.05) is 0 Å². The molecule has 0 radical (unpaired) electrons. The van der Waals surface area contributed by atoms with Crippen molar-refractivity contribution in [3.63, 3.8) is 0 Å². The number of nitriles is 1. The number of aromatic hydroxyl groups is 1. The highest BCUT2D eigenvalue weighted by Gasteiger charge is 2.34. The van der Waals surface area contributed by atoms with Gasteiger partial charge in [0.05, 0.1) is 5.56 Å². The second kappa shape index (κ2) is 8.69. The Labute approximate surface area is 168 Å². The molecule has 0 aromatic heterocycles. The molecule has 146 valence electrons. The zero-order valence-electron chi connectivity index (χ0n) is 16.4. The maximum Gasteiger partial charge on any atom is 0.137 e. The molecular weight excluding hydrogens is 346 g/mol. The zero-order valence-corrected chi connectivity index (χ0v) is 16.4. The normalized spacial score (nSPS) is 22.2. The third-order valence-corrected chi connectivity index (χ3v) is 6.55. The molecule has 2 atom stereocenters. The van der Waals surface area contributed by atoms with Gasteiger partial charge in [-0.05, 0) is 42.0 Å². The Hall–Kier alpha value is -2.47. The van der Waals surface area contributed by atoms with E-state index in [1.54, 1.807) is 18.2 Å². The number of phenolic OH excluding ortho intramolecular Hbond substituents is 1. The molecule has 28 heavy (non-hydrogen) atoms. The molecule has 0 spiro atoms. The summed E-state index contributed by atoms with van der Waals surface area (Å²) >= 11 is 0. The van der Waals surface area contributed by atoms with Crippen molar-refractivity contribution in [3.8, 4) is 17.6 Å². The number of ether oxygens (including phenoxy) is 1. The summed E-state index contributed by atoms with van der Waals surface area (Å²) in [6.07, 6.45) is 11.9. The van der Waals surface area contributed by atoms with E-state index in [1.807, 2.05) is 6.07 Å². The lowest BCUT2D eigenvalue weighted by Crippen LogP contribution is -2.16. The van der Waals surface area contributed by atoms with E-state index in [0.29, 0.717) is 11.7 Å². The monoisotopic (exact) mass is 375 g/mol. The van der Waals surface area contributed by atoms with Gasteiger partial charge in [0.1, 0.15) is 23.7 Å². The molecule has 4 rings (SSSR count). The fourth-order valence-corrected chi connectivity index (χ4v) is 4.98. The molecule has 0 heterocycles. The first-order valence-electron chi connectivity index (χ1n) is 10.7. The summed E-state index contributed by atoms with van der Waals surface area (Å²) in [6, 6.07) is 15.6. The molecule has 0 bridgehead atoms. The Morgan fingerprint density at radius 2 is 1.79 bits per heavy atom. The minimum Gasteiger partial charge on any atom is -0.506 e. The molecule has 1 N–H and O–H groups in total. The minimum atomic E-state index is -0.0127. The Balaban J connectivity index is 1.49. The van der Waals surface area contributed by atoms with Crippen LogP contribution in [0.2, 0.25) is 0 Å². The summed E-state index contributed by atoms with van der Waals surface area (Å²) < 4.78 is 6.39. The zero-order chi connectivity index (χ0) is 19.3. The van der Waals surface area contributed by atoms with Crippen LogP contribution in [0.3, 0.4) is 0 Å². The molecule has 2 aromatic carbocycles. The topological polar surface area (TPSA) is 53.2 Å². The van der Waals surface area contributed by atoms with Crippen LogP contribution in [0.4, 0.5) is 0 Å². The standard InChI is InChI=1S/C25H29NO2/c26-17-21-13-14-22(16-24(21)27)28-25-20(15-19-9-5-6-10-23(19)25)12-11-18-7-3-1-2-4-8-18/h5-6,9-10,13-14,16,18,20,25,27H,1-4,7-8,11-12,15H2. The van der Waals surface area contributed by atoms with E-state index in [-0.39, 0.29) is 17.4 Å². The van der Waals surface area contributed by atoms with Crippen LogP contribution in [0.25, 0.3) is 0 Å². The first kappa shape index (κ1) is 18.9.